The first-order chi connectivity index (χ1) is 8.99. The summed E-state index contributed by atoms with van der Waals surface area (Å²) >= 11 is 0. The molecule has 0 aromatic carbocycles. The summed E-state index contributed by atoms with van der Waals surface area (Å²) in [6.07, 6.45) is 1.68. The van der Waals surface area contributed by atoms with E-state index in [4.69, 9.17) is 0 Å². The minimum atomic E-state index is -1.22. The number of aliphatic carboxylic acids is 1. The van der Waals surface area contributed by atoms with Crippen molar-refractivity contribution < 1.29 is 24.2 Å². The number of ether oxygens (including phenoxy) is 1. The molecular weight excluding hydrogens is 252 g/mol. The fourth-order valence-corrected chi connectivity index (χ4v) is 2.64. The van der Waals surface area contributed by atoms with Gasteiger partial charge in [0.05, 0.1) is 13.2 Å². The zero-order chi connectivity index (χ0) is 14.0. The van der Waals surface area contributed by atoms with E-state index in [0.29, 0.717) is 32.4 Å². The number of likely N-dealkylation sites (tertiary alicyclic amines) is 1. The molecule has 0 aromatic rings. The van der Waals surface area contributed by atoms with Gasteiger partial charge in [-0.25, -0.2) is 4.79 Å². The van der Waals surface area contributed by atoms with Crippen molar-refractivity contribution in [2.75, 3.05) is 20.2 Å². The van der Waals surface area contributed by atoms with Crippen molar-refractivity contribution in [1.82, 2.24) is 10.2 Å². The van der Waals surface area contributed by atoms with E-state index in [1.807, 2.05) is 0 Å². The van der Waals surface area contributed by atoms with Crippen LogP contribution in [0.25, 0.3) is 0 Å². The molecule has 2 amide bonds. The van der Waals surface area contributed by atoms with Crippen LogP contribution in [0.15, 0.2) is 0 Å². The number of nitrogens with one attached hydrogen (secondary N) is 1. The Morgan fingerprint density at radius 3 is 2.53 bits per heavy atom. The van der Waals surface area contributed by atoms with E-state index in [2.05, 4.69) is 10.1 Å². The Morgan fingerprint density at radius 1 is 1.37 bits per heavy atom. The Balaban J connectivity index is 1.95. The van der Waals surface area contributed by atoms with Crippen LogP contribution in [0.1, 0.15) is 25.7 Å². The van der Waals surface area contributed by atoms with Crippen molar-refractivity contribution in [3.8, 4) is 0 Å². The SMILES string of the molecule is COC(=O)NC1CCN(C(=O)C2(C(=O)O)CCC2)C1. The lowest BCUT2D eigenvalue weighted by Crippen LogP contribution is -2.52. The average Bonchev–Trinajstić information content (AvgIpc) is 2.75. The zero-order valence-corrected chi connectivity index (χ0v) is 10.8. The average molecular weight is 270 g/mol. The largest absolute Gasteiger partial charge is 0.480 e. The van der Waals surface area contributed by atoms with Crippen LogP contribution in [0.2, 0.25) is 0 Å². The minimum Gasteiger partial charge on any atom is -0.480 e. The maximum absolute atomic E-state index is 12.3. The molecule has 2 aliphatic rings. The third-order valence-corrected chi connectivity index (χ3v) is 4.01. The van der Waals surface area contributed by atoms with E-state index >= 15 is 0 Å². The first-order valence-corrected chi connectivity index (χ1v) is 6.37. The molecule has 0 aromatic heterocycles. The Bertz CT molecular complexity index is 405. The number of amides is 2. The van der Waals surface area contributed by atoms with Gasteiger partial charge in [0.1, 0.15) is 5.41 Å². The molecule has 2 rings (SSSR count). The Hall–Kier alpha value is -1.79. The molecule has 0 radical (unpaired) electrons. The van der Waals surface area contributed by atoms with E-state index in [9.17, 15) is 19.5 Å². The van der Waals surface area contributed by atoms with Gasteiger partial charge in [-0.3, -0.25) is 9.59 Å². The second-order valence-corrected chi connectivity index (χ2v) is 5.11. The third-order valence-electron chi connectivity index (χ3n) is 4.01. The van der Waals surface area contributed by atoms with Gasteiger partial charge in [0.15, 0.2) is 0 Å². The van der Waals surface area contributed by atoms with Gasteiger partial charge in [0.25, 0.3) is 0 Å². The highest BCUT2D eigenvalue weighted by atomic mass is 16.5. The summed E-state index contributed by atoms with van der Waals surface area (Å²) in [4.78, 5) is 36.2. The smallest absolute Gasteiger partial charge is 0.407 e. The van der Waals surface area contributed by atoms with Crippen molar-refractivity contribution >= 4 is 18.0 Å². The summed E-state index contributed by atoms with van der Waals surface area (Å²) in [5, 5.41) is 11.9. The van der Waals surface area contributed by atoms with Crippen LogP contribution in [0, 0.1) is 5.41 Å². The van der Waals surface area contributed by atoms with Gasteiger partial charge in [-0.05, 0) is 19.3 Å². The summed E-state index contributed by atoms with van der Waals surface area (Å²) in [7, 11) is 1.28. The van der Waals surface area contributed by atoms with E-state index in [1.54, 1.807) is 0 Å². The highest BCUT2D eigenvalue weighted by Crippen LogP contribution is 2.43. The molecule has 1 heterocycles. The van der Waals surface area contributed by atoms with Gasteiger partial charge in [-0.1, -0.05) is 6.42 Å². The minimum absolute atomic E-state index is 0.165. The highest BCUT2D eigenvalue weighted by molar-refractivity contribution is 6.03. The lowest BCUT2D eigenvalue weighted by atomic mass is 9.68. The molecule has 106 valence electrons. The van der Waals surface area contributed by atoms with Crippen LogP contribution in [0.5, 0.6) is 0 Å². The molecular formula is C12H18N2O5. The second kappa shape index (κ2) is 5.07. The summed E-state index contributed by atoms with van der Waals surface area (Å²) in [5.74, 6) is -1.35. The van der Waals surface area contributed by atoms with Crippen LogP contribution in [0.4, 0.5) is 4.79 Å². The molecule has 0 bridgehead atoms. The maximum atomic E-state index is 12.3. The monoisotopic (exact) mass is 270 g/mol. The fourth-order valence-electron chi connectivity index (χ4n) is 2.64. The summed E-state index contributed by atoms with van der Waals surface area (Å²) < 4.78 is 4.50. The van der Waals surface area contributed by atoms with Gasteiger partial charge in [0, 0.05) is 13.1 Å². The van der Waals surface area contributed by atoms with Gasteiger partial charge >= 0.3 is 12.1 Å². The molecule has 2 N–H and O–H groups in total. The van der Waals surface area contributed by atoms with Crippen LogP contribution in [-0.2, 0) is 14.3 Å². The van der Waals surface area contributed by atoms with Gasteiger partial charge < -0.3 is 20.1 Å². The predicted octanol–water partition coefficient (Wildman–Crippen LogP) is 0.198. The first-order valence-electron chi connectivity index (χ1n) is 6.37. The van der Waals surface area contributed by atoms with Crippen molar-refractivity contribution in [1.29, 1.82) is 0 Å². The molecule has 19 heavy (non-hydrogen) atoms. The number of carbonyl (C=O) groups excluding carboxylic acids is 2. The number of nitrogens with zero attached hydrogens (tertiary/aromatic N) is 1. The number of alkyl carbamates (subject to hydrolysis) is 1. The van der Waals surface area contributed by atoms with Crippen LogP contribution in [0.3, 0.4) is 0 Å². The molecule has 1 unspecified atom stereocenters. The predicted molar refractivity (Wildman–Crippen MR) is 64.4 cm³/mol. The number of carboxylic acid groups (broad SMARTS) is 1. The number of hydrogen-bond donors (Lipinski definition) is 2. The van der Waals surface area contributed by atoms with E-state index in [0.717, 1.165) is 6.42 Å². The molecule has 1 saturated heterocycles. The standard InChI is InChI=1S/C12H18N2O5/c1-19-11(18)13-8-3-6-14(7-8)9(15)12(10(16)17)4-2-5-12/h8H,2-7H2,1H3,(H,13,18)(H,16,17). The molecule has 2 fully saturated rings. The summed E-state index contributed by atoms with van der Waals surface area (Å²) in [6, 6.07) is -0.165. The summed E-state index contributed by atoms with van der Waals surface area (Å²) in [6.45, 7) is 0.825. The van der Waals surface area contributed by atoms with Gasteiger partial charge in [-0.2, -0.15) is 0 Å². The number of methoxy groups -OCH3 is 1. The quantitative estimate of drug-likeness (QED) is 0.714. The van der Waals surface area contributed by atoms with Gasteiger partial charge in [-0.15, -0.1) is 0 Å². The first kappa shape index (κ1) is 13.6. The van der Waals surface area contributed by atoms with E-state index in [1.165, 1.54) is 12.0 Å². The topological polar surface area (TPSA) is 95.9 Å². The Morgan fingerprint density at radius 2 is 2.05 bits per heavy atom. The van der Waals surface area contributed by atoms with Crippen molar-refractivity contribution in [2.45, 2.75) is 31.7 Å². The lowest BCUT2D eigenvalue weighted by Gasteiger charge is -2.38. The number of carbonyl (C=O) groups is 3. The molecule has 7 nitrogen and oxygen atoms in total. The third kappa shape index (κ3) is 2.36. The molecule has 1 saturated carbocycles. The van der Waals surface area contributed by atoms with E-state index < -0.39 is 17.5 Å². The van der Waals surface area contributed by atoms with Crippen LogP contribution in [-0.4, -0.2) is 54.2 Å². The van der Waals surface area contributed by atoms with Crippen LogP contribution < -0.4 is 5.32 Å². The van der Waals surface area contributed by atoms with Crippen LogP contribution >= 0.6 is 0 Å². The molecule has 0 spiro atoms. The van der Waals surface area contributed by atoms with E-state index in [-0.39, 0.29) is 11.9 Å². The van der Waals surface area contributed by atoms with Crippen molar-refractivity contribution in [3.63, 3.8) is 0 Å². The lowest BCUT2D eigenvalue weighted by molar-refractivity contribution is -0.166. The molecule has 1 atom stereocenters. The number of carboxylic acids is 1. The van der Waals surface area contributed by atoms with Crippen molar-refractivity contribution in [3.05, 3.63) is 0 Å². The normalized spacial score (nSPS) is 24.5. The van der Waals surface area contributed by atoms with Gasteiger partial charge in [0.2, 0.25) is 5.91 Å². The fraction of sp³-hybridized carbons (Fsp3) is 0.750. The molecule has 1 aliphatic carbocycles. The number of rotatable bonds is 3. The zero-order valence-electron chi connectivity index (χ0n) is 10.8. The molecule has 7 heteroatoms. The number of hydrogen-bond acceptors (Lipinski definition) is 4. The Kier molecular flexibility index (Phi) is 3.64. The molecule has 1 aliphatic heterocycles. The Labute approximate surface area is 110 Å². The summed E-state index contributed by atoms with van der Waals surface area (Å²) in [5.41, 5.74) is -1.22. The highest BCUT2D eigenvalue weighted by Gasteiger charge is 2.53. The second-order valence-electron chi connectivity index (χ2n) is 5.11. The maximum Gasteiger partial charge on any atom is 0.407 e. The van der Waals surface area contributed by atoms with Crippen molar-refractivity contribution in [2.24, 2.45) is 5.41 Å².